The molecule has 0 heterocycles. The highest BCUT2D eigenvalue weighted by atomic mass is 35.5. The molecule has 1 rings (SSSR count). The van der Waals surface area contributed by atoms with Crippen LogP contribution in [0.3, 0.4) is 0 Å². The first-order valence-corrected chi connectivity index (χ1v) is 5.63. The summed E-state index contributed by atoms with van der Waals surface area (Å²) in [4.78, 5) is 22.7. The largest absolute Gasteiger partial charge is 0.336 e. The molecule has 0 saturated heterocycles. The Hall–Kier alpha value is -2.00. The predicted molar refractivity (Wildman–Crippen MR) is 68.9 cm³/mol. The number of nitro benzene ring substituents is 1. The number of hydrazine groups is 1. The van der Waals surface area contributed by atoms with Gasteiger partial charge in [0.05, 0.1) is 16.5 Å². The van der Waals surface area contributed by atoms with Gasteiger partial charge in [0, 0.05) is 18.7 Å². The molecule has 1 amide bonds. The molecule has 7 nitrogen and oxygen atoms in total. The normalized spacial score (nSPS) is 10.5. The van der Waals surface area contributed by atoms with E-state index >= 15 is 0 Å². The number of nitro groups is 1. The van der Waals surface area contributed by atoms with E-state index in [0.717, 1.165) is 24.1 Å². The van der Waals surface area contributed by atoms with E-state index in [9.17, 15) is 23.7 Å². The number of nitrogens with one attached hydrogen (secondary N) is 1. The van der Waals surface area contributed by atoms with Gasteiger partial charge in [0.2, 0.25) is 0 Å². The van der Waals surface area contributed by atoms with Crippen molar-refractivity contribution in [3.63, 3.8) is 0 Å². The number of amides is 1. The van der Waals surface area contributed by atoms with Gasteiger partial charge in [-0.3, -0.25) is 20.8 Å². The number of hydrogen-bond donors (Lipinski definition) is 2. The molecule has 0 saturated carbocycles. The van der Waals surface area contributed by atoms with Gasteiger partial charge < -0.3 is 10.3 Å². The number of nitrogen functional groups attached to an aromatic ring is 1. The van der Waals surface area contributed by atoms with Crippen LogP contribution in [0.15, 0.2) is 12.1 Å². The predicted octanol–water partition coefficient (Wildman–Crippen LogP) is 1.87. The van der Waals surface area contributed by atoms with Gasteiger partial charge in [-0.05, 0) is 6.07 Å². The molecule has 20 heavy (non-hydrogen) atoms. The maximum Gasteiger partial charge on any atom is 0.295 e. The van der Waals surface area contributed by atoms with Crippen molar-refractivity contribution in [3.05, 3.63) is 32.8 Å². The average Bonchev–Trinajstić information content (AvgIpc) is 2.35. The molecule has 110 valence electrons. The number of hydrogen-bond acceptors (Lipinski definition) is 5. The molecule has 0 spiro atoms. The Kier molecular flexibility index (Phi) is 5.17. The second-order valence-electron chi connectivity index (χ2n) is 3.83. The molecule has 0 unspecified atom stereocenters. The zero-order chi connectivity index (χ0) is 15.4. The van der Waals surface area contributed by atoms with Gasteiger partial charge in [-0.2, -0.15) is 0 Å². The van der Waals surface area contributed by atoms with Crippen LogP contribution in [0.25, 0.3) is 0 Å². The second kappa shape index (κ2) is 6.44. The summed E-state index contributed by atoms with van der Waals surface area (Å²) in [6.45, 7) is -0.791. The first-order valence-electron chi connectivity index (χ1n) is 5.26. The zero-order valence-corrected chi connectivity index (χ0v) is 11.0. The van der Waals surface area contributed by atoms with Crippen LogP contribution in [0.5, 0.6) is 0 Å². The summed E-state index contributed by atoms with van der Waals surface area (Å²) < 4.78 is 24.4. The van der Waals surface area contributed by atoms with Gasteiger partial charge in [-0.1, -0.05) is 11.6 Å². The van der Waals surface area contributed by atoms with Crippen LogP contribution in [0.4, 0.5) is 20.2 Å². The number of rotatable bonds is 5. The third kappa shape index (κ3) is 3.52. The van der Waals surface area contributed by atoms with E-state index < -0.39 is 29.5 Å². The summed E-state index contributed by atoms with van der Waals surface area (Å²) in [5.74, 6) is 4.30. The number of alkyl halides is 2. The van der Waals surface area contributed by atoms with Gasteiger partial charge in [0.1, 0.15) is 5.69 Å². The molecule has 10 heteroatoms. The lowest BCUT2D eigenvalue weighted by molar-refractivity contribution is -0.384. The number of benzene rings is 1. The van der Waals surface area contributed by atoms with E-state index in [0.29, 0.717) is 0 Å². The van der Waals surface area contributed by atoms with Crippen LogP contribution >= 0.6 is 11.6 Å². The van der Waals surface area contributed by atoms with Gasteiger partial charge in [-0.25, -0.2) is 8.78 Å². The lowest BCUT2D eigenvalue weighted by Gasteiger charge is -2.17. The van der Waals surface area contributed by atoms with Crippen molar-refractivity contribution in [2.45, 2.75) is 6.43 Å². The van der Waals surface area contributed by atoms with Gasteiger partial charge >= 0.3 is 0 Å². The zero-order valence-electron chi connectivity index (χ0n) is 10.3. The highest BCUT2D eigenvalue weighted by Crippen LogP contribution is 2.33. The minimum absolute atomic E-state index is 0.157. The minimum atomic E-state index is -2.71. The van der Waals surface area contributed by atoms with E-state index in [2.05, 4.69) is 5.43 Å². The Balaban J connectivity index is 3.20. The van der Waals surface area contributed by atoms with Crippen molar-refractivity contribution in [1.29, 1.82) is 0 Å². The van der Waals surface area contributed by atoms with Gasteiger partial charge in [0.15, 0.2) is 0 Å². The lowest BCUT2D eigenvalue weighted by Crippen LogP contribution is -2.31. The Bertz CT molecular complexity index is 541. The summed E-state index contributed by atoms with van der Waals surface area (Å²) in [7, 11) is 1.16. The van der Waals surface area contributed by atoms with Crippen molar-refractivity contribution in [2.75, 3.05) is 19.0 Å². The SMILES string of the molecule is CN(CC(F)F)C(=O)c1cc(Cl)c(NN)c([N+](=O)[O-])c1. The molecular formula is C10H11ClF2N4O3. The number of nitrogens with zero attached hydrogens (tertiary/aromatic N) is 2. The van der Waals surface area contributed by atoms with E-state index in [1.807, 2.05) is 0 Å². The number of nitrogens with two attached hydrogens (primary N) is 1. The fraction of sp³-hybridized carbons (Fsp3) is 0.300. The molecule has 0 atom stereocenters. The highest BCUT2D eigenvalue weighted by molar-refractivity contribution is 6.34. The maximum atomic E-state index is 12.2. The van der Waals surface area contributed by atoms with Crippen LogP contribution in [0, 0.1) is 10.1 Å². The van der Waals surface area contributed by atoms with Crippen LogP contribution < -0.4 is 11.3 Å². The third-order valence-electron chi connectivity index (χ3n) is 2.42. The summed E-state index contributed by atoms with van der Waals surface area (Å²) in [6, 6.07) is 2.04. The number of anilines is 1. The van der Waals surface area contributed by atoms with Crippen molar-refractivity contribution in [1.82, 2.24) is 4.90 Å². The number of carbonyl (C=O) groups is 1. The molecule has 1 aromatic carbocycles. The minimum Gasteiger partial charge on any atom is -0.336 e. The summed E-state index contributed by atoms with van der Waals surface area (Å²) >= 11 is 5.77. The molecule has 3 N–H and O–H groups in total. The molecule has 0 aromatic heterocycles. The van der Waals surface area contributed by atoms with Crippen LogP contribution in [0.2, 0.25) is 5.02 Å². The maximum absolute atomic E-state index is 12.2. The van der Waals surface area contributed by atoms with Crippen molar-refractivity contribution >= 4 is 28.9 Å². The molecule has 0 aliphatic rings. The monoisotopic (exact) mass is 308 g/mol. The van der Waals surface area contributed by atoms with Gasteiger partial charge in [0.25, 0.3) is 18.0 Å². The van der Waals surface area contributed by atoms with Crippen LogP contribution in [0.1, 0.15) is 10.4 Å². The lowest BCUT2D eigenvalue weighted by atomic mass is 10.1. The standard InChI is InChI=1S/C10H11ClF2N4O3/c1-16(4-8(12)13)10(18)5-2-6(11)9(15-14)7(3-5)17(19)20/h2-3,8,15H,4,14H2,1H3. The fourth-order valence-corrected chi connectivity index (χ4v) is 1.78. The van der Waals surface area contributed by atoms with E-state index in [1.165, 1.54) is 0 Å². The third-order valence-corrected chi connectivity index (χ3v) is 2.71. The molecular weight excluding hydrogens is 298 g/mol. The number of halogens is 3. The Morgan fingerprint density at radius 1 is 1.60 bits per heavy atom. The van der Waals surface area contributed by atoms with Crippen molar-refractivity contribution < 1.29 is 18.5 Å². The molecule has 0 aliphatic carbocycles. The Morgan fingerprint density at radius 2 is 2.20 bits per heavy atom. The highest BCUT2D eigenvalue weighted by Gasteiger charge is 2.23. The Labute approximate surface area is 117 Å². The first kappa shape index (κ1) is 16.1. The van der Waals surface area contributed by atoms with Crippen LogP contribution in [-0.4, -0.2) is 35.7 Å². The second-order valence-corrected chi connectivity index (χ2v) is 4.24. The number of carbonyl (C=O) groups excluding carboxylic acids is 1. The first-order chi connectivity index (χ1) is 9.27. The fourth-order valence-electron chi connectivity index (χ4n) is 1.51. The molecule has 0 radical (unpaired) electrons. The summed E-state index contributed by atoms with van der Waals surface area (Å²) in [6.07, 6.45) is -2.71. The quantitative estimate of drug-likeness (QED) is 0.491. The molecule has 0 fully saturated rings. The van der Waals surface area contributed by atoms with E-state index in [-0.39, 0.29) is 16.3 Å². The molecule has 1 aromatic rings. The average molecular weight is 309 g/mol. The van der Waals surface area contributed by atoms with Crippen molar-refractivity contribution in [3.8, 4) is 0 Å². The van der Waals surface area contributed by atoms with Crippen molar-refractivity contribution in [2.24, 2.45) is 5.84 Å². The Morgan fingerprint density at radius 3 is 2.65 bits per heavy atom. The molecule has 0 bridgehead atoms. The van der Waals surface area contributed by atoms with E-state index in [4.69, 9.17) is 17.4 Å². The summed E-state index contributed by atoms with van der Waals surface area (Å²) in [5.41, 5.74) is 1.20. The topological polar surface area (TPSA) is 102 Å². The molecule has 0 aliphatic heterocycles. The van der Waals surface area contributed by atoms with Gasteiger partial charge in [-0.15, -0.1) is 0 Å². The van der Waals surface area contributed by atoms with Crippen LogP contribution in [-0.2, 0) is 0 Å². The van der Waals surface area contributed by atoms with E-state index in [1.54, 1.807) is 0 Å². The summed E-state index contributed by atoms with van der Waals surface area (Å²) in [5, 5.41) is 10.7. The smallest absolute Gasteiger partial charge is 0.295 e.